The Morgan fingerprint density at radius 3 is 2.32 bits per heavy atom. The second-order valence-electron chi connectivity index (χ2n) is 8.11. The molecule has 1 N–H and O–H groups in total. The number of hydrogen-bond donors (Lipinski definition) is 1. The summed E-state index contributed by atoms with van der Waals surface area (Å²) < 4.78 is 10.8. The Morgan fingerprint density at radius 2 is 1.71 bits per heavy atom. The highest BCUT2D eigenvalue weighted by Crippen LogP contribution is 2.31. The molecule has 2 fully saturated rings. The van der Waals surface area contributed by atoms with E-state index in [1.54, 1.807) is 14.2 Å². The molecule has 0 aromatic heterocycles. The number of ether oxygens (including phenoxy) is 2. The van der Waals surface area contributed by atoms with Gasteiger partial charge in [-0.15, -0.1) is 0 Å². The van der Waals surface area contributed by atoms with Crippen LogP contribution in [0.3, 0.4) is 0 Å². The Morgan fingerprint density at radius 1 is 1.11 bits per heavy atom. The molecule has 6 nitrogen and oxygen atoms in total. The molecule has 0 radical (unpaired) electrons. The van der Waals surface area contributed by atoms with Gasteiger partial charge in [0.1, 0.15) is 0 Å². The van der Waals surface area contributed by atoms with Crippen LogP contribution in [-0.4, -0.2) is 68.2 Å². The Labute approximate surface area is 169 Å². The quantitative estimate of drug-likeness (QED) is 0.777. The van der Waals surface area contributed by atoms with Gasteiger partial charge in [0.05, 0.1) is 20.3 Å². The highest BCUT2D eigenvalue weighted by molar-refractivity contribution is 5.81. The zero-order valence-electron chi connectivity index (χ0n) is 17.8. The van der Waals surface area contributed by atoms with Gasteiger partial charge in [0.2, 0.25) is 5.91 Å². The molecule has 1 aliphatic heterocycles. The van der Waals surface area contributed by atoms with E-state index in [1.165, 1.54) is 24.0 Å². The normalized spacial score (nSPS) is 20.1. The molecule has 1 aromatic carbocycles. The first-order valence-corrected chi connectivity index (χ1v) is 10.5. The van der Waals surface area contributed by atoms with Crippen LogP contribution in [0.1, 0.15) is 43.7 Å². The average Bonchev–Trinajstić information content (AvgIpc) is 3.22. The van der Waals surface area contributed by atoms with Crippen molar-refractivity contribution in [2.24, 2.45) is 0 Å². The summed E-state index contributed by atoms with van der Waals surface area (Å²) in [5, 5.41) is 3.24. The lowest BCUT2D eigenvalue weighted by atomic mass is 10.1. The molecule has 1 aliphatic carbocycles. The van der Waals surface area contributed by atoms with Crippen molar-refractivity contribution in [3.05, 3.63) is 23.3 Å². The van der Waals surface area contributed by atoms with E-state index in [9.17, 15) is 4.79 Å². The summed E-state index contributed by atoms with van der Waals surface area (Å²) in [6.07, 6.45) is 4.76. The molecule has 0 spiro atoms. The van der Waals surface area contributed by atoms with Gasteiger partial charge in [0, 0.05) is 38.8 Å². The largest absolute Gasteiger partial charge is 0.493 e. The topological polar surface area (TPSA) is 54.0 Å². The molecule has 1 saturated heterocycles. The molecule has 0 unspecified atom stereocenters. The number of methoxy groups -OCH3 is 2. The second-order valence-corrected chi connectivity index (χ2v) is 8.11. The fourth-order valence-electron chi connectivity index (χ4n) is 4.30. The van der Waals surface area contributed by atoms with Crippen molar-refractivity contribution in [3.8, 4) is 11.5 Å². The van der Waals surface area contributed by atoms with E-state index in [1.807, 2.05) is 13.0 Å². The first-order chi connectivity index (χ1) is 13.5. The van der Waals surface area contributed by atoms with Crippen LogP contribution in [-0.2, 0) is 11.3 Å². The van der Waals surface area contributed by atoms with Crippen molar-refractivity contribution in [2.45, 2.75) is 58.2 Å². The van der Waals surface area contributed by atoms with Crippen LogP contribution >= 0.6 is 0 Å². The maximum Gasteiger partial charge on any atom is 0.237 e. The number of nitrogens with zero attached hydrogens (tertiary/aromatic N) is 2. The predicted molar refractivity (Wildman–Crippen MR) is 111 cm³/mol. The fourth-order valence-corrected chi connectivity index (χ4v) is 4.30. The smallest absolute Gasteiger partial charge is 0.237 e. The van der Waals surface area contributed by atoms with Gasteiger partial charge in [-0.25, -0.2) is 0 Å². The Kier molecular flexibility index (Phi) is 7.18. The van der Waals surface area contributed by atoms with Crippen molar-refractivity contribution < 1.29 is 14.3 Å². The molecule has 1 atom stereocenters. The molecular weight excluding hydrogens is 354 g/mol. The SMILES string of the molecule is COc1cc(C)c(CN2CCN([C@@H](C)C(=O)NC3CCCC3)CC2)cc1OC. The third-order valence-corrected chi connectivity index (χ3v) is 6.27. The predicted octanol–water partition coefficient (Wildman–Crippen LogP) is 2.58. The minimum Gasteiger partial charge on any atom is -0.493 e. The number of rotatable bonds is 7. The monoisotopic (exact) mass is 389 g/mol. The lowest BCUT2D eigenvalue weighted by Gasteiger charge is -2.38. The maximum absolute atomic E-state index is 12.6. The number of carbonyl (C=O) groups excluding carboxylic acids is 1. The van der Waals surface area contributed by atoms with Crippen molar-refractivity contribution in [1.82, 2.24) is 15.1 Å². The molecule has 156 valence electrons. The summed E-state index contributed by atoms with van der Waals surface area (Å²) in [5.74, 6) is 1.74. The molecular formula is C22H35N3O3. The molecule has 1 heterocycles. The van der Waals surface area contributed by atoms with Crippen molar-refractivity contribution >= 4 is 5.91 Å². The summed E-state index contributed by atoms with van der Waals surface area (Å²) in [7, 11) is 3.34. The van der Waals surface area contributed by atoms with Crippen molar-refractivity contribution in [2.75, 3.05) is 40.4 Å². The van der Waals surface area contributed by atoms with Crippen LogP contribution in [0.25, 0.3) is 0 Å². The van der Waals surface area contributed by atoms with Crippen LogP contribution in [0, 0.1) is 6.92 Å². The van der Waals surface area contributed by atoms with Gasteiger partial charge in [-0.3, -0.25) is 14.6 Å². The number of hydrogen-bond acceptors (Lipinski definition) is 5. The molecule has 0 bridgehead atoms. The Balaban J connectivity index is 1.52. The number of piperazine rings is 1. The van der Waals surface area contributed by atoms with Crippen molar-refractivity contribution in [1.29, 1.82) is 0 Å². The lowest BCUT2D eigenvalue weighted by Crippen LogP contribution is -2.54. The number of aryl methyl sites for hydroxylation is 1. The standard InChI is InChI=1S/C22H35N3O3/c1-16-13-20(27-3)21(28-4)14-18(16)15-24-9-11-25(12-10-24)17(2)22(26)23-19-7-5-6-8-19/h13-14,17,19H,5-12,15H2,1-4H3,(H,23,26)/t17-/m0/s1. The van der Waals surface area contributed by atoms with E-state index in [4.69, 9.17) is 9.47 Å². The van der Waals surface area contributed by atoms with Crippen LogP contribution in [0.2, 0.25) is 0 Å². The van der Waals surface area contributed by atoms with E-state index in [0.29, 0.717) is 6.04 Å². The Hall–Kier alpha value is -1.79. The van der Waals surface area contributed by atoms with Crippen molar-refractivity contribution in [3.63, 3.8) is 0 Å². The zero-order valence-corrected chi connectivity index (χ0v) is 17.8. The molecule has 1 saturated carbocycles. The molecule has 3 rings (SSSR count). The lowest BCUT2D eigenvalue weighted by molar-refractivity contribution is -0.127. The van der Waals surface area contributed by atoms with Gasteiger partial charge in [-0.1, -0.05) is 12.8 Å². The van der Waals surface area contributed by atoms with Gasteiger partial charge >= 0.3 is 0 Å². The summed E-state index contributed by atoms with van der Waals surface area (Å²) in [6, 6.07) is 4.47. The zero-order chi connectivity index (χ0) is 20.1. The van der Waals surface area contributed by atoms with E-state index < -0.39 is 0 Å². The van der Waals surface area contributed by atoms with Crippen LogP contribution in [0.4, 0.5) is 0 Å². The molecule has 1 amide bonds. The summed E-state index contributed by atoms with van der Waals surface area (Å²) in [5.41, 5.74) is 2.47. The van der Waals surface area contributed by atoms with E-state index in [2.05, 4.69) is 28.1 Å². The molecule has 28 heavy (non-hydrogen) atoms. The third-order valence-electron chi connectivity index (χ3n) is 6.27. The van der Waals surface area contributed by atoms with E-state index >= 15 is 0 Å². The van der Waals surface area contributed by atoms with Gasteiger partial charge < -0.3 is 14.8 Å². The minimum atomic E-state index is -0.0504. The van der Waals surface area contributed by atoms with Crippen LogP contribution in [0.5, 0.6) is 11.5 Å². The number of amides is 1. The molecule has 6 heteroatoms. The number of nitrogens with one attached hydrogen (secondary N) is 1. The van der Waals surface area contributed by atoms with Crippen LogP contribution < -0.4 is 14.8 Å². The average molecular weight is 390 g/mol. The highest BCUT2D eigenvalue weighted by atomic mass is 16.5. The minimum absolute atomic E-state index is 0.0504. The summed E-state index contributed by atoms with van der Waals surface area (Å²) in [6.45, 7) is 8.82. The van der Waals surface area contributed by atoms with Gasteiger partial charge in [0.15, 0.2) is 11.5 Å². The molecule has 1 aromatic rings. The second kappa shape index (κ2) is 9.61. The summed E-state index contributed by atoms with van der Waals surface area (Å²) >= 11 is 0. The molecule has 2 aliphatic rings. The first kappa shape index (κ1) is 20.9. The maximum atomic E-state index is 12.6. The van der Waals surface area contributed by atoms with Crippen LogP contribution in [0.15, 0.2) is 12.1 Å². The number of benzene rings is 1. The highest BCUT2D eigenvalue weighted by Gasteiger charge is 2.28. The Bertz CT molecular complexity index is 665. The van der Waals surface area contributed by atoms with Gasteiger partial charge in [-0.2, -0.15) is 0 Å². The van der Waals surface area contributed by atoms with Gasteiger partial charge in [0.25, 0.3) is 0 Å². The third kappa shape index (κ3) is 4.97. The van der Waals surface area contributed by atoms with Gasteiger partial charge in [-0.05, 0) is 49.9 Å². The number of carbonyl (C=O) groups is 1. The van der Waals surface area contributed by atoms with E-state index in [0.717, 1.165) is 57.1 Å². The van der Waals surface area contributed by atoms with E-state index in [-0.39, 0.29) is 11.9 Å². The fraction of sp³-hybridized carbons (Fsp3) is 0.682. The first-order valence-electron chi connectivity index (χ1n) is 10.5. The summed E-state index contributed by atoms with van der Waals surface area (Å²) in [4.78, 5) is 17.3.